The highest BCUT2D eigenvalue weighted by Gasteiger charge is 2.10. The van der Waals surface area contributed by atoms with E-state index < -0.39 is 11.6 Å². The van der Waals surface area contributed by atoms with Crippen molar-refractivity contribution in [2.75, 3.05) is 26.2 Å². The lowest BCUT2D eigenvalue weighted by Gasteiger charge is -2.14. The quantitative estimate of drug-likeness (QED) is 0.231. The Labute approximate surface area is 171 Å². The van der Waals surface area contributed by atoms with Crippen LogP contribution >= 0.6 is 24.0 Å². The van der Waals surface area contributed by atoms with Gasteiger partial charge in [-0.15, -0.1) is 24.0 Å². The van der Waals surface area contributed by atoms with Gasteiger partial charge >= 0.3 is 0 Å². The summed E-state index contributed by atoms with van der Waals surface area (Å²) >= 11 is 0. The van der Waals surface area contributed by atoms with Gasteiger partial charge in [0, 0.05) is 38.0 Å². The fourth-order valence-corrected chi connectivity index (χ4v) is 2.07. The number of halogens is 3. The molecule has 1 unspecified atom stereocenters. The summed E-state index contributed by atoms with van der Waals surface area (Å²) in [6.07, 6.45) is 0. The molecule has 0 heterocycles. The normalized spacial score (nSPS) is 12.3. The second kappa shape index (κ2) is 12.8. The van der Waals surface area contributed by atoms with Gasteiger partial charge < -0.3 is 16.0 Å². The Kier molecular flexibility index (Phi) is 12.1. The van der Waals surface area contributed by atoms with E-state index in [4.69, 9.17) is 0 Å². The van der Waals surface area contributed by atoms with Crippen LogP contribution in [-0.4, -0.2) is 38.0 Å². The van der Waals surface area contributed by atoms with E-state index in [1.54, 1.807) is 6.07 Å². The predicted molar refractivity (Wildman–Crippen MR) is 112 cm³/mol. The summed E-state index contributed by atoms with van der Waals surface area (Å²) in [6, 6.07) is 3.91. The third-order valence-electron chi connectivity index (χ3n) is 3.62. The summed E-state index contributed by atoms with van der Waals surface area (Å²) in [4.78, 5) is 16.0. The Morgan fingerprint density at radius 3 is 2.31 bits per heavy atom. The highest BCUT2D eigenvalue weighted by molar-refractivity contribution is 14.0. The summed E-state index contributed by atoms with van der Waals surface area (Å²) in [6.45, 7) is 9.72. The molecule has 0 aliphatic carbocycles. The molecule has 0 saturated carbocycles. The molecule has 0 aliphatic heterocycles. The van der Waals surface area contributed by atoms with Crippen LogP contribution in [0.3, 0.4) is 0 Å². The van der Waals surface area contributed by atoms with Gasteiger partial charge in [0.1, 0.15) is 0 Å². The molecule has 0 fully saturated rings. The summed E-state index contributed by atoms with van der Waals surface area (Å²) in [5.41, 5.74) is 0.697. The first-order valence-corrected chi connectivity index (χ1v) is 8.60. The van der Waals surface area contributed by atoms with Crippen molar-refractivity contribution >= 4 is 35.8 Å². The highest BCUT2D eigenvalue weighted by atomic mass is 127. The van der Waals surface area contributed by atoms with Gasteiger partial charge in [0.2, 0.25) is 5.91 Å². The first kappa shape index (κ1) is 24.6. The molecule has 0 aromatic heterocycles. The van der Waals surface area contributed by atoms with Crippen molar-refractivity contribution in [2.24, 2.45) is 10.9 Å². The van der Waals surface area contributed by atoms with Crippen molar-refractivity contribution in [3.8, 4) is 0 Å². The number of hydrogen-bond donors (Lipinski definition) is 3. The SMILES string of the molecule is CCNC(=NCC(C)c1ccc(F)c(F)c1)NCCNC(=O)C(C)C.I. The van der Waals surface area contributed by atoms with E-state index in [1.165, 1.54) is 6.07 Å². The maximum Gasteiger partial charge on any atom is 0.222 e. The van der Waals surface area contributed by atoms with E-state index in [-0.39, 0.29) is 41.7 Å². The fraction of sp³-hybridized carbons (Fsp3) is 0.556. The topological polar surface area (TPSA) is 65.5 Å². The van der Waals surface area contributed by atoms with Crippen molar-refractivity contribution in [1.82, 2.24) is 16.0 Å². The van der Waals surface area contributed by atoms with Gasteiger partial charge in [-0.25, -0.2) is 8.78 Å². The van der Waals surface area contributed by atoms with E-state index >= 15 is 0 Å². The third-order valence-corrected chi connectivity index (χ3v) is 3.62. The predicted octanol–water partition coefficient (Wildman–Crippen LogP) is 3.01. The number of nitrogens with one attached hydrogen (secondary N) is 3. The first-order chi connectivity index (χ1) is 11.8. The van der Waals surface area contributed by atoms with Crippen LogP contribution in [0.1, 0.15) is 39.2 Å². The lowest BCUT2D eigenvalue weighted by molar-refractivity contribution is -0.123. The number of carbonyl (C=O) groups excluding carboxylic acids is 1. The Balaban J connectivity index is 0.00000625. The molecule has 1 atom stereocenters. The van der Waals surface area contributed by atoms with Gasteiger partial charge in [0.05, 0.1) is 0 Å². The zero-order valence-corrected chi connectivity index (χ0v) is 18.1. The molecule has 1 aromatic carbocycles. The van der Waals surface area contributed by atoms with Crippen LogP contribution in [0, 0.1) is 17.6 Å². The molecule has 148 valence electrons. The van der Waals surface area contributed by atoms with Gasteiger partial charge in [-0.2, -0.15) is 0 Å². The third kappa shape index (κ3) is 8.77. The Morgan fingerprint density at radius 1 is 1.08 bits per heavy atom. The van der Waals surface area contributed by atoms with Crippen LogP contribution in [0.2, 0.25) is 0 Å². The maximum absolute atomic E-state index is 13.3. The van der Waals surface area contributed by atoms with Crippen molar-refractivity contribution in [1.29, 1.82) is 0 Å². The second-order valence-corrected chi connectivity index (χ2v) is 6.17. The average molecular weight is 482 g/mol. The number of nitrogens with zero attached hydrogens (tertiary/aromatic N) is 1. The Morgan fingerprint density at radius 2 is 1.73 bits per heavy atom. The molecule has 1 rings (SSSR count). The fourth-order valence-electron chi connectivity index (χ4n) is 2.07. The molecule has 0 spiro atoms. The molecular formula is C18H29F2IN4O. The maximum atomic E-state index is 13.3. The van der Waals surface area contributed by atoms with Gasteiger partial charge in [0.15, 0.2) is 17.6 Å². The molecule has 0 aliphatic rings. The molecule has 3 N–H and O–H groups in total. The smallest absolute Gasteiger partial charge is 0.222 e. The van der Waals surface area contributed by atoms with Crippen molar-refractivity contribution < 1.29 is 13.6 Å². The number of benzene rings is 1. The summed E-state index contributed by atoms with van der Waals surface area (Å²) in [5.74, 6) is -1.16. The van der Waals surface area contributed by atoms with Gasteiger partial charge in [-0.05, 0) is 24.6 Å². The van der Waals surface area contributed by atoms with Gasteiger partial charge in [-0.3, -0.25) is 9.79 Å². The van der Waals surface area contributed by atoms with Crippen LogP contribution in [-0.2, 0) is 4.79 Å². The van der Waals surface area contributed by atoms with Crippen LogP contribution < -0.4 is 16.0 Å². The molecule has 0 saturated heterocycles. The molecule has 1 amide bonds. The van der Waals surface area contributed by atoms with E-state index in [9.17, 15) is 13.6 Å². The van der Waals surface area contributed by atoms with Crippen molar-refractivity contribution in [3.05, 3.63) is 35.4 Å². The van der Waals surface area contributed by atoms with E-state index in [1.807, 2.05) is 27.7 Å². The molecule has 0 radical (unpaired) electrons. The molecule has 5 nitrogen and oxygen atoms in total. The van der Waals surface area contributed by atoms with E-state index in [0.29, 0.717) is 37.7 Å². The number of guanidine groups is 1. The molecule has 1 aromatic rings. The average Bonchev–Trinajstić information content (AvgIpc) is 2.58. The Hall–Kier alpha value is -1.45. The number of aliphatic imine (C=N–C) groups is 1. The van der Waals surface area contributed by atoms with E-state index in [0.717, 1.165) is 6.07 Å². The minimum absolute atomic E-state index is 0. The number of amides is 1. The number of carbonyl (C=O) groups is 1. The van der Waals surface area contributed by atoms with E-state index in [2.05, 4.69) is 20.9 Å². The summed E-state index contributed by atoms with van der Waals surface area (Å²) < 4.78 is 26.3. The van der Waals surface area contributed by atoms with Crippen molar-refractivity contribution in [2.45, 2.75) is 33.6 Å². The minimum Gasteiger partial charge on any atom is -0.357 e. The number of hydrogen-bond acceptors (Lipinski definition) is 2. The van der Waals surface area contributed by atoms with Crippen LogP contribution in [0.15, 0.2) is 23.2 Å². The summed E-state index contributed by atoms with van der Waals surface area (Å²) in [7, 11) is 0. The van der Waals surface area contributed by atoms with Crippen molar-refractivity contribution in [3.63, 3.8) is 0 Å². The first-order valence-electron chi connectivity index (χ1n) is 8.60. The van der Waals surface area contributed by atoms with Gasteiger partial charge in [-0.1, -0.05) is 26.8 Å². The lowest BCUT2D eigenvalue weighted by atomic mass is 10.0. The van der Waals surface area contributed by atoms with Crippen LogP contribution in [0.5, 0.6) is 0 Å². The zero-order chi connectivity index (χ0) is 18.8. The van der Waals surface area contributed by atoms with Crippen LogP contribution in [0.4, 0.5) is 8.78 Å². The minimum atomic E-state index is -0.849. The largest absolute Gasteiger partial charge is 0.357 e. The monoisotopic (exact) mass is 482 g/mol. The zero-order valence-electron chi connectivity index (χ0n) is 15.7. The molecule has 0 bridgehead atoms. The lowest BCUT2D eigenvalue weighted by Crippen LogP contribution is -2.42. The second-order valence-electron chi connectivity index (χ2n) is 6.17. The number of rotatable bonds is 8. The molecule has 26 heavy (non-hydrogen) atoms. The molecule has 8 heteroatoms. The Bertz CT molecular complexity index is 597. The van der Waals surface area contributed by atoms with Gasteiger partial charge in [0.25, 0.3) is 0 Å². The van der Waals surface area contributed by atoms with Crippen LogP contribution in [0.25, 0.3) is 0 Å². The standard InChI is InChI=1S/C18H28F2N4O.HI/c1-5-21-18(23-9-8-22-17(25)12(2)3)24-11-13(4)14-6-7-15(19)16(20)10-14;/h6-7,10,12-13H,5,8-9,11H2,1-4H3,(H,22,25)(H2,21,23,24);1H. The molecular weight excluding hydrogens is 453 g/mol. The highest BCUT2D eigenvalue weighted by Crippen LogP contribution is 2.18. The summed E-state index contributed by atoms with van der Waals surface area (Å²) in [5, 5.41) is 9.07.